The second kappa shape index (κ2) is 8.91. The van der Waals surface area contributed by atoms with Crippen molar-refractivity contribution >= 4 is 17.5 Å². The van der Waals surface area contributed by atoms with Crippen molar-refractivity contribution in [2.75, 3.05) is 6.61 Å². The molecule has 3 aliphatic carbocycles. The van der Waals surface area contributed by atoms with Gasteiger partial charge in [-0.15, -0.1) is 0 Å². The van der Waals surface area contributed by atoms with E-state index in [4.69, 9.17) is 9.47 Å². The zero-order valence-electron chi connectivity index (χ0n) is 22.9. The van der Waals surface area contributed by atoms with Crippen molar-refractivity contribution in [1.29, 1.82) is 0 Å². The number of ether oxygens (including phenoxy) is 2. The highest BCUT2D eigenvalue weighted by atomic mass is 16.5. The highest BCUT2D eigenvalue weighted by Gasteiger charge is 2.73. The molecule has 206 valence electrons. The molecule has 3 saturated carbocycles. The molecule has 5 rings (SSSR count). The largest absolute Gasteiger partial charge is 0.484 e. The number of carboxylic acids is 1. The molecular formula is C30H39NO7. The van der Waals surface area contributed by atoms with Crippen molar-refractivity contribution < 1.29 is 34.4 Å². The average Bonchev–Trinajstić information content (AvgIpc) is 3.64. The molecule has 0 bridgehead atoms. The van der Waals surface area contributed by atoms with Crippen LogP contribution in [-0.2, 0) is 19.1 Å². The molecule has 3 N–H and O–H groups in total. The summed E-state index contributed by atoms with van der Waals surface area (Å²) >= 11 is 0. The Labute approximate surface area is 223 Å². The zero-order valence-corrected chi connectivity index (χ0v) is 22.9. The van der Waals surface area contributed by atoms with Crippen LogP contribution in [0, 0.1) is 28.1 Å². The Hall–Kier alpha value is -2.71. The molecule has 38 heavy (non-hydrogen) atoms. The van der Waals surface area contributed by atoms with Crippen LogP contribution in [0.1, 0.15) is 72.3 Å². The highest BCUT2D eigenvalue weighted by Crippen LogP contribution is 2.75. The van der Waals surface area contributed by atoms with E-state index in [1.807, 2.05) is 13.0 Å². The molecule has 1 aromatic heterocycles. The monoisotopic (exact) mass is 525 g/mol. The summed E-state index contributed by atoms with van der Waals surface area (Å²) in [5, 5.41) is 33.8. The van der Waals surface area contributed by atoms with Gasteiger partial charge in [-0.25, -0.2) is 4.79 Å². The molecule has 0 amide bonds. The van der Waals surface area contributed by atoms with Crippen LogP contribution in [-0.4, -0.2) is 56.7 Å². The number of nitrogens with zero attached hydrogens (tertiary/aromatic N) is 1. The lowest BCUT2D eigenvalue weighted by molar-refractivity contribution is -0.269. The topological polar surface area (TPSA) is 126 Å². The number of esters is 1. The van der Waals surface area contributed by atoms with E-state index in [1.54, 1.807) is 31.5 Å². The number of carboxylic acid groups (broad SMARTS) is 1. The smallest absolute Gasteiger partial charge is 0.338 e. The van der Waals surface area contributed by atoms with Crippen molar-refractivity contribution in [3.05, 3.63) is 47.5 Å². The number of aliphatic carboxylic acids is 1. The van der Waals surface area contributed by atoms with Crippen LogP contribution in [0.2, 0.25) is 0 Å². The minimum absolute atomic E-state index is 0.0285. The van der Waals surface area contributed by atoms with E-state index in [0.717, 1.165) is 36.8 Å². The summed E-state index contributed by atoms with van der Waals surface area (Å²) in [6.45, 7) is 9.53. The van der Waals surface area contributed by atoms with E-state index in [0.29, 0.717) is 6.42 Å². The van der Waals surface area contributed by atoms with Crippen LogP contribution >= 0.6 is 0 Å². The maximum absolute atomic E-state index is 12.6. The minimum atomic E-state index is -1.35. The normalized spacial score (nSPS) is 39.6. The summed E-state index contributed by atoms with van der Waals surface area (Å²) in [6, 6.07) is 3.66. The number of aliphatic hydroxyl groups excluding tert-OH is 2. The van der Waals surface area contributed by atoms with E-state index >= 15 is 0 Å². The zero-order chi connectivity index (χ0) is 27.7. The van der Waals surface area contributed by atoms with Gasteiger partial charge in [0.15, 0.2) is 0 Å². The minimum Gasteiger partial charge on any atom is -0.484 e. The number of rotatable bonds is 5. The summed E-state index contributed by atoms with van der Waals surface area (Å²) in [6.07, 6.45) is 6.81. The Morgan fingerprint density at radius 3 is 2.42 bits per heavy atom. The van der Waals surface area contributed by atoms with Gasteiger partial charge in [-0.3, -0.25) is 9.78 Å². The predicted octanol–water partition coefficient (Wildman–Crippen LogP) is 4.12. The summed E-state index contributed by atoms with van der Waals surface area (Å²) < 4.78 is 12.1. The summed E-state index contributed by atoms with van der Waals surface area (Å²) in [5.41, 5.74) is -0.796. The SMILES string of the molecule is CC(=O)OC[C@@]1(C)C2C[C@H](O)[C@@]3(C)OC(/C=C(\C)c4cccnc4)=C(C(=O)O)C(O)C3[C@@]2(C)CCC12CC2. The molecule has 8 nitrogen and oxygen atoms in total. The van der Waals surface area contributed by atoms with Crippen molar-refractivity contribution in [3.63, 3.8) is 0 Å². The number of aromatic nitrogens is 1. The van der Waals surface area contributed by atoms with E-state index in [-0.39, 0.29) is 35.2 Å². The standard InChI is InChI=1S/C30H39NO7/c1-17(19-7-6-12-31-15-19)13-20-23(26(35)36)24(34)25-27(3)8-9-30(10-11-30)28(4,16-37-18(2)32)21(27)14-22(33)29(25,5)38-20/h6-7,12-13,15,21-22,24-25,33-34H,8-11,14,16H2,1-5H3,(H,35,36)/b17-13+/t21?,22-,24?,25?,27-,28-,29+/m0/s1. The second-order valence-electron chi connectivity index (χ2n) is 12.6. The Morgan fingerprint density at radius 1 is 1.16 bits per heavy atom. The molecule has 8 heteroatoms. The van der Waals surface area contributed by atoms with Crippen LogP contribution in [0.5, 0.6) is 0 Å². The van der Waals surface area contributed by atoms with Crippen molar-refractivity contribution in [1.82, 2.24) is 4.98 Å². The van der Waals surface area contributed by atoms with Crippen LogP contribution in [0.3, 0.4) is 0 Å². The van der Waals surface area contributed by atoms with E-state index in [9.17, 15) is 24.9 Å². The van der Waals surface area contributed by atoms with Gasteiger partial charge in [-0.1, -0.05) is 19.9 Å². The van der Waals surface area contributed by atoms with Gasteiger partial charge in [0.1, 0.15) is 16.9 Å². The van der Waals surface area contributed by atoms with Gasteiger partial charge in [-0.05, 0) is 86.0 Å². The first kappa shape index (κ1) is 26.9. The van der Waals surface area contributed by atoms with Gasteiger partial charge in [0.2, 0.25) is 0 Å². The third-order valence-electron chi connectivity index (χ3n) is 10.7. The molecule has 7 atom stereocenters. The predicted molar refractivity (Wildman–Crippen MR) is 139 cm³/mol. The maximum atomic E-state index is 12.6. The first-order valence-corrected chi connectivity index (χ1v) is 13.5. The molecule has 1 aliphatic heterocycles. The molecule has 3 fully saturated rings. The number of pyridine rings is 1. The number of aliphatic hydroxyl groups is 2. The lowest BCUT2D eigenvalue weighted by Gasteiger charge is -2.67. The van der Waals surface area contributed by atoms with Crippen LogP contribution < -0.4 is 0 Å². The molecule has 3 unspecified atom stereocenters. The molecule has 0 radical (unpaired) electrons. The van der Waals surface area contributed by atoms with Crippen molar-refractivity contribution in [2.45, 2.75) is 84.5 Å². The van der Waals surface area contributed by atoms with Crippen LogP contribution in [0.4, 0.5) is 0 Å². The lowest BCUT2D eigenvalue weighted by Crippen LogP contribution is -2.70. The number of fused-ring (bicyclic) bond motifs is 3. The van der Waals surface area contributed by atoms with Gasteiger partial charge in [0.25, 0.3) is 0 Å². The number of allylic oxidation sites excluding steroid dienone is 2. The first-order valence-electron chi connectivity index (χ1n) is 13.5. The maximum Gasteiger partial charge on any atom is 0.338 e. The molecular weight excluding hydrogens is 486 g/mol. The van der Waals surface area contributed by atoms with Gasteiger partial charge in [0, 0.05) is 30.7 Å². The van der Waals surface area contributed by atoms with Crippen molar-refractivity contribution in [3.8, 4) is 0 Å². The summed E-state index contributed by atoms with van der Waals surface area (Å²) in [5.74, 6) is -2.29. The fraction of sp³-hybridized carbons (Fsp3) is 0.633. The van der Waals surface area contributed by atoms with Gasteiger partial charge in [-0.2, -0.15) is 0 Å². The molecule has 1 spiro atoms. The van der Waals surface area contributed by atoms with Crippen LogP contribution in [0.25, 0.3) is 5.57 Å². The number of hydrogen-bond acceptors (Lipinski definition) is 7. The van der Waals surface area contributed by atoms with Gasteiger partial charge >= 0.3 is 11.9 Å². The van der Waals surface area contributed by atoms with Gasteiger partial charge in [0.05, 0.1) is 18.8 Å². The highest BCUT2D eigenvalue weighted by molar-refractivity contribution is 5.90. The van der Waals surface area contributed by atoms with E-state index in [1.165, 1.54) is 6.92 Å². The van der Waals surface area contributed by atoms with E-state index < -0.39 is 40.5 Å². The average molecular weight is 526 g/mol. The van der Waals surface area contributed by atoms with Gasteiger partial charge < -0.3 is 24.8 Å². The first-order chi connectivity index (χ1) is 17.8. The van der Waals surface area contributed by atoms with Crippen LogP contribution in [0.15, 0.2) is 41.9 Å². The third-order valence-corrected chi connectivity index (χ3v) is 10.7. The molecule has 0 saturated heterocycles. The molecule has 4 aliphatic rings. The number of carbonyl (C=O) groups excluding carboxylic acids is 1. The number of carbonyl (C=O) groups is 2. The Morgan fingerprint density at radius 2 is 1.84 bits per heavy atom. The number of hydrogen-bond donors (Lipinski definition) is 3. The molecule has 1 aromatic rings. The Balaban J connectivity index is 1.61. The summed E-state index contributed by atoms with van der Waals surface area (Å²) in [7, 11) is 0. The van der Waals surface area contributed by atoms with Crippen molar-refractivity contribution in [2.24, 2.45) is 28.1 Å². The fourth-order valence-electron chi connectivity index (χ4n) is 8.39. The van der Waals surface area contributed by atoms with E-state index in [2.05, 4.69) is 18.8 Å². The third kappa shape index (κ3) is 3.82. The Bertz CT molecular complexity index is 1200. The lowest BCUT2D eigenvalue weighted by atomic mass is 9.40. The molecule has 0 aromatic carbocycles. The quantitative estimate of drug-likeness (QED) is 0.490. The fourth-order valence-corrected chi connectivity index (χ4v) is 8.39. The Kier molecular flexibility index (Phi) is 6.31. The molecule has 2 heterocycles. The summed E-state index contributed by atoms with van der Waals surface area (Å²) in [4.78, 5) is 28.5. The second-order valence-corrected chi connectivity index (χ2v) is 12.6.